The molecule has 6 nitrogen and oxygen atoms in total. The number of nitrogens with one attached hydrogen (secondary N) is 1. The van der Waals surface area contributed by atoms with Gasteiger partial charge in [0, 0.05) is 19.2 Å². The molecule has 0 aliphatic rings. The average molecular weight is 309 g/mol. The molecule has 22 heavy (non-hydrogen) atoms. The number of amides is 1. The molecule has 0 aromatic carbocycles. The van der Waals surface area contributed by atoms with Gasteiger partial charge in [-0.05, 0) is 38.2 Å². The van der Waals surface area contributed by atoms with Crippen LogP contribution in [0.5, 0.6) is 0 Å². The molecule has 0 aliphatic heterocycles. The number of rotatable bonds is 7. The Balaban J connectivity index is 2.62. The van der Waals surface area contributed by atoms with Gasteiger partial charge in [-0.2, -0.15) is 5.10 Å². The van der Waals surface area contributed by atoms with Crippen molar-refractivity contribution in [1.82, 2.24) is 15.1 Å². The highest BCUT2D eigenvalue weighted by molar-refractivity contribution is 5.84. The molecule has 1 unspecified atom stereocenters. The van der Waals surface area contributed by atoms with Crippen LogP contribution in [-0.2, 0) is 27.8 Å². The smallest absolute Gasteiger partial charge is 0.328 e. The standard InChI is InChI=1S/C16H27N3O3/c1-10(2)9-14(16(21)22-6)17-15(20)8-7-13-11(3)18-19(5)12(13)4/h10,14H,7-9H2,1-6H3,(H,17,20). The Morgan fingerprint density at radius 2 is 1.95 bits per heavy atom. The molecule has 0 saturated carbocycles. The number of aromatic nitrogens is 2. The van der Waals surface area contributed by atoms with Crippen LogP contribution in [0.2, 0.25) is 0 Å². The van der Waals surface area contributed by atoms with Crippen molar-refractivity contribution >= 4 is 11.9 Å². The molecule has 0 saturated heterocycles. The summed E-state index contributed by atoms with van der Waals surface area (Å²) < 4.78 is 6.57. The molecule has 124 valence electrons. The van der Waals surface area contributed by atoms with E-state index in [1.807, 2.05) is 39.4 Å². The largest absolute Gasteiger partial charge is 0.467 e. The van der Waals surface area contributed by atoms with E-state index in [-0.39, 0.29) is 5.91 Å². The average Bonchev–Trinajstić information content (AvgIpc) is 2.68. The van der Waals surface area contributed by atoms with E-state index in [0.717, 1.165) is 17.0 Å². The molecule has 0 fully saturated rings. The first-order valence-corrected chi connectivity index (χ1v) is 7.62. The summed E-state index contributed by atoms with van der Waals surface area (Å²) in [6, 6.07) is -0.575. The third-order valence-corrected chi connectivity index (χ3v) is 3.79. The van der Waals surface area contributed by atoms with Gasteiger partial charge in [0.25, 0.3) is 0 Å². The number of carbonyl (C=O) groups excluding carboxylic acids is 2. The lowest BCUT2D eigenvalue weighted by Crippen LogP contribution is -2.42. The summed E-state index contributed by atoms with van der Waals surface area (Å²) in [6.45, 7) is 7.94. The Labute approximate surface area is 132 Å². The Bertz CT molecular complexity index is 535. The maximum absolute atomic E-state index is 12.1. The minimum Gasteiger partial charge on any atom is -0.467 e. The lowest BCUT2D eigenvalue weighted by Gasteiger charge is -2.18. The van der Waals surface area contributed by atoms with Crippen LogP contribution in [0.4, 0.5) is 0 Å². The van der Waals surface area contributed by atoms with Crippen molar-refractivity contribution in [2.45, 2.75) is 53.0 Å². The van der Waals surface area contributed by atoms with E-state index in [1.54, 1.807) is 0 Å². The molecule has 1 N–H and O–H groups in total. The number of esters is 1. The van der Waals surface area contributed by atoms with E-state index < -0.39 is 12.0 Å². The van der Waals surface area contributed by atoms with Crippen LogP contribution in [0.1, 0.15) is 43.6 Å². The molecule has 6 heteroatoms. The second-order valence-electron chi connectivity index (χ2n) is 6.05. The third kappa shape index (κ3) is 4.86. The number of nitrogens with zero attached hydrogens (tertiary/aromatic N) is 2. The van der Waals surface area contributed by atoms with E-state index >= 15 is 0 Å². The molecule has 1 heterocycles. The molecule has 1 aromatic rings. The van der Waals surface area contributed by atoms with E-state index in [4.69, 9.17) is 4.74 Å². The van der Waals surface area contributed by atoms with Crippen molar-refractivity contribution in [3.63, 3.8) is 0 Å². The topological polar surface area (TPSA) is 73.2 Å². The van der Waals surface area contributed by atoms with Crippen LogP contribution < -0.4 is 5.32 Å². The van der Waals surface area contributed by atoms with Crippen molar-refractivity contribution < 1.29 is 14.3 Å². The Morgan fingerprint density at radius 1 is 1.32 bits per heavy atom. The Kier molecular flexibility index (Phi) is 6.59. The van der Waals surface area contributed by atoms with Gasteiger partial charge in [-0.1, -0.05) is 13.8 Å². The molecular weight excluding hydrogens is 282 g/mol. The highest BCUT2D eigenvalue weighted by Crippen LogP contribution is 2.14. The summed E-state index contributed by atoms with van der Waals surface area (Å²) in [7, 11) is 3.23. The zero-order valence-corrected chi connectivity index (χ0v) is 14.4. The van der Waals surface area contributed by atoms with E-state index in [0.29, 0.717) is 25.2 Å². The van der Waals surface area contributed by atoms with Gasteiger partial charge in [-0.3, -0.25) is 9.48 Å². The fourth-order valence-corrected chi connectivity index (χ4v) is 2.51. The molecule has 1 atom stereocenters. The van der Waals surface area contributed by atoms with Gasteiger partial charge in [-0.15, -0.1) is 0 Å². The van der Waals surface area contributed by atoms with Crippen molar-refractivity contribution in [2.75, 3.05) is 7.11 Å². The maximum Gasteiger partial charge on any atom is 0.328 e. The monoisotopic (exact) mass is 309 g/mol. The highest BCUT2D eigenvalue weighted by atomic mass is 16.5. The minimum absolute atomic E-state index is 0.140. The molecule has 0 radical (unpaired) electrons. The highest BCUT2D eigenvalue weighted by Gasteiger charge is 2.22. The van der Waals surface area contributed by atoms with E-state index in [1.165, 1.54) is 7.11 Å². The quantitative estimate of drug-likeness (QED) is 0.778. The van der Waals surface area contributed by atoms with Crippen LogP contribution in [0.3, 0.4) is 0 Å². The van der Waals surface area contributed by atoms with Gasteiger partial charge in [-0.25, -0.2) is 4.79 Å². The van der Waals surface area contributed by atoms with Crippen molar-refractivity contribution in [2.24, 2.45) is 13.0 Å². The lowest BCUT2D eigenvalue weighted by molar-refractivity contribution is -0.145. The Morgan fingerprint density at radius 3 is 2.41 bits per heavy atom. The predicted octanol–water partition coefficient (Wildman–Crippen LogP) is 1.67. The van der Waals surface area contributed by atoms with Crippen molar-refractivity contribution in [3.8, 4) is 0 Å². The first kappa shape index (κ1) is 18.2. The molecular formula is C16H27N3O3. The predicted molar refractivity (Wildman–Crippen MR) is 84.4 cm³/mol. The maximum atomic E-state index is 12.1. The normalized spacial score (nSPS) is 12.3. The molecule has 0 aliphatic carbocycles. The molecule has 0 spiro atoms. The second kappa shape index (κ2) is 7.96. The molecule has 0 bridgehead atoms. The van der Waals surface area contributed by atoms with Crippen LogP contribution in [0.15, 0.2) is 0 Å². The number of methoxy groups -OCH3 is 1. The zero-order valence-electron chi connectivity index (χ0n) is 14.4. The molecule has 1 amide bonds. The molecule has 1 rings (SSSR count). The first-order chi connectivity index (χ1) is 10.3. The van der Waals surface area contributed by atoms with E-state index in [2.05, 4.69) is 10.4 Å². The van der Waals surface area contributed by atoms with Gasteiger partial charge >= 0.3 is 5.97 Å². The SMILES string of the molecule is COC(=O)C(CC(C)C)NC(=O)CCc1c(C)nn(C)c1C. The second-order valence-corrected chi connectivity index (χ2v) is 6.05. The fourth-order valence-electron chi connectivity index (χ4n) is 2.51. The van der Waals surface area contributed by atoms with Gasteiger partial charge in [0.1, 0.15) is 6.04 Å². The summed E-state index contributed by atoms with van der Waals surface area (Å²) in [6.07, 6.45) is 1.52. The molecule has 1 aromatic heterocycles. The van der Waals surface area contributed by atoms with Gasteiger partial charge in [0.05, 0.1) is 12.8 Å². The van der Waals surface area contributed by atoms with Crippen LogP contribution in [0, 0.1) is 19.8 Å². The summed E-state index contributed by atoms with van der Waals surface area (Å²) in [4.78, 5) is 23.8. The summed E-state index contributed by atoms with van der Waals surface area (Å²) in [5.41, 5.74) is 3.10. The van der Waals surface area contributed by atoms with Crippen molar-refractivity contribution in [1.29, 1.82) is 0 Å². The van der Waals surface area contributed by atoms with Crippen LogP contribution in [-0.4, -0.2) is 34.8 Å². The van der Waals surface area contributed by atoms with Gasteiger partial charge < -0.3 is 10.1 Å². The fraction of sp³-hybridized carbons (Fsp3) is 0.688. The van der Waals surface area contributed by atoms with Gasteiger partial charge in [0.15, 0.2) is 0 Å². The third-order valence-electron chi connectivity index (χ3n) is 3.79. The number of carbonyl (C=O) groups is 2. The summed E-state index contributed by atoms with van der Waals surface area (Å²) >= 11 is 0. The van der Waals surface area contributed by atoms with Crippen molar-refractivity contribution in [3.05, 3.63) is 17.0 Å². The number of ether oxygens (including phenoxy) is 1. The zero-order chi connectivity index (χ0) is 16.9. The number of hydrogen-bond donors (Lipinski definition) is 1. The summed E-state index contributed by atoms with van der Waals surface area (Å²) in [5, 5.41) is 7.12. The van der Waals surface area contributed by atoms with Crippen LogP contribution >= 0.6 is 0 Å². The van der Waals surface area contributed by atoms with E-state index in [9.17, 15) is 9.59 Å². The Hall–Kier alpha value is -1.85. The summed E-state index contributed by atoms with van der Waals surface area (Å²) in [5.74, 6) is -0.235. The van der Waals surface area contributed by atoms with Crippen LogP contribution in [0.25, 0.3) is 0 Å². The van der Waals surface area contributed by atoms with Gasteiger partial charge in [0.2, 0.25) is 5.91 Å². The number of hydrogen-bond acceptors (Lipinski definition) is 4. The lowest BCUT2D eigenvalue weighted by atomic mass is 10.0. The first-order valence-electron chi connectivity index (χ1n) is 7.62. The minimum atomic E-state index is -0.575. The number of aryl methyl sites for hydroxylation is 2.